The second kappa shape index (κ2) is 5.61. The molecule has 3 rings (SSSR count). The van der Waals surface area contributed by atoms with E-state index in [1.165, 1.54) is 12.8 Å². The number of hydrogen-bond acceptors (Lipinski definition) is 4. The van der Waals surface area contributed by atoms with Crippen LogP contribution in [0.25, 0.3) is 11.0 Å². The van der Waals surface area contributed by atoms with E-state index in [4.69, 9.17) is 21.1 Å². The smallest absolute Gasteiger partial charge is 0.163 e. The Morgan fingerprint density at radius 2 is 1.95 bits per heavy atom. The highest BCUT2D eigenvalue weighted by Gasteiger charge is 2.42. The average Bonchev–Trinajstić information content (AvgIpc) is 3.22. The van der Waals surface area contributed by atoms with Crippen molar-refractivity contribution >= 4 is 34.4 Å². The van der Waals surface area contributed by atoms with Gasteiger partial charge in [-0.15, -0.1) is 11.6 Å². The van der Waals surface area contributed by atoms with Gasteiger partial charge in [0.1, 0.15) is 5.82 Å². The molecule has 114 valence electrons. The number of methoxy groups -OCH3 is 2. The summed E-state index contributed by atoms with van der Waals surface area (Å²) in [4.78, 5) is 4.65. The van der Waals surface area contributed by atoms with Gasteiger partial charge in [0.05, 0.1) is 31.1 Å². The van der Waals surface area contributed by atoms with Crippen molar-refractivity contribution in [2.45, 2.75) is 30.0 Å². The van der Waals surface area contributed by atoms with Gasteiger partial charge in [-0.3, -0.25) is 0 Å². The van der Waals surface area contributed by atoms with E-state index in [0.717, 1.165) is 29.2 Å². The molecule has 0 aliphatic heterocycles. The number of fused-ring (bicyclic) bond motifs is 1. The molecule has 1 aromatic heterocycles. The lowest BCUT2D eigenvalue weighted by Gasteiger charge is -2.16. The zero-order valence-electron chi connectivity index (χ0n) is 12.5. The summed E-state index contributed by atoms with van der Waals surface area (Å²) in [6, 6.07) is 3.91. The van der Waals surface area contributed by atoms with Crippen LogP contribution in [0.4, 0.5) is 0 Å². The molecule has 0 amide bonds. The summed E-state index contributed by atoms with van der Waals surface area (Å²) in [5, 5.41) is 0. The van der Waals surface area contributed by atoms with Gasteiger partial charge >= 0.3 is 0 Å². The third-order valence-electron chi connectivity index (χ3n) is 4.14. The summed E-state index contributed by atoms with van der Waals surface area (Å²) in [7, 11) is 3.28. The lowest BCUT2D eigenvalue weighted by atomic mass is 10.2. The first kappa shape index (κ1) is 14.9. The fraction of sp³-hybridized carbons (Fsp3) is 0.533. The Bertz CT molecular complexity index is 667. The Morgan fingerprint density at radius 1 is 1.29 bits per heavy atom. The molecule has 0 saturated heterocycles. The number of rotatable bonds is 6. The molecule has 0 radical (unpaired) electrons. The van der Waals surface area contributed by atoms with Crippen molar-refractivity contribution in [3.8, 4) is 11.5 Å². The van der Waals surface area contributed by atoms with Crippen LogP contribution >= 0.6 is 23.4 Å². The van der Waals surface area contributed by atoms with Gasteiger partial charge in [0.15, 0.2) is 11.5 Å². The molecule has 1 heterocycles. The van der Waals surface area contributed by atoms with Crippen molar-refractivity contribution in [1.29, 1.82) is 0 Å². The molecule has 1 aliphatic carbocycles. The highest BCUT2D eigenvalue weighted by atomic mass is 35.5. The number of aromatic nitrogens is 2. The first-order valence-corrected chi connectivity index (χ1v) is 8.64. The van der Waals surface area contributed by atoms with Crippen LogP contribution in [-0.4, -0.2) is 34.8 Å². The van der Waals surface area contributed by atoms with Crippen LogP contribution in [0.5, 0.6) is 11.5 Å². The van der Waals surface area contributed by atoms with E-state index in [9.17, 15) is 0 Å². The molecule has 2 aromatic rings. The van der Waals surface area contributed by atoms with E-state index >= 15 is 0 Å². The van der Waals surface area contributed by atoms with Crippen molar-refractivity contribution in [2.24, 2.45) is 0 Å². The normalized spacial score (nSPS) is 16.2. The minimum atomic E-state index is 0.349. The van der Waals surface area contributed by atoms with E-state index in [0.29, 0.717) is 16.4 Å². The van der Waals surface area contributed by atoms with Crippen LogP contribution in [0.3, 0.4) is 0 Å². The van der Waals surface area contributed by atoms with E-state index in [-0.39, 0.29) is 0 Å². The molecule has 6 heteroatoms. The average molecular weight is 327 g/mol. The number of alkyl halides is 1. The third-order valence-corrected chi connectivity index (χ3v) is 5.78. The fourth-order valence-electron chi connectivity index (χ4n) is 2.63. The molecule has 1 fully saturated rings. The van der Waals surface area contributed by atoms with Crippen molar-refractivity contribution in [3.05, 3.63) is 18.0 Å². The number of ether oxygens (including phenoxy) is 2. The van der Waals surface area contributed by atoms with Crippen molar-refractivity contribution < 1.29 is 9.47 Å². The Balaban J connectivity index is 2.12. The van der Waals surface area contributed by atoms with Gasteiger partial charge in [-0.25, -0.2) is 4.98 Å². The van der Waals surface area contributed by atoms with Crippen LogP contribution in [-0.2, 0) is 12.4 Å². The standard InChI is InChI=1S/C15H19ClN2O2S/c1-19-12-6-10-11(7-13(12)20-2)18(14(8-16)17-10)9-15(21-3)4-5-15/h6-7H,4-5,8-9H2,1-3H3. The predicted molar refractivity (Wildman–Crippen MR) is 87.9 cm³/mol. The van der Waals surface area contributed by atoms with Gasteiger partial charge in [-0.1, -0.05) is 0 Å². The van der Waals surface area contributed by atoms with Gasteiger partial charge in [-0.05, 0) is 19.1 Å². The predicted octanol–water partition coefficient (Wildman–Crippen LogP) is 3.69. The molecule has 0 bridgehead atoms. The van der Waals surface area contributed by atoms with Gasteiger partial charge in [0, 0.05) is 23.4 Å². The maximum Gasteiger partial charge on any atom is 0.163 e. The number of halogens is 1. The molecule has 1 aromatic carbocycles. The molecule has 1 saturated carbocycles. The number of benzene rings is 1. The minimum Gasteiger partial charge on any atom is -0.493 e. The second-order valence-corrected chi connectivity index (χ2v) is 6.87. The van der Waals surface area contributed by atoms with Crippen molar-refractivity contribution in [2.75, 3.05) is 20.5 Å². The van der Waals surface area contributed by atoms with E-state index < -0.39 is 0 Å². The van der Waals surface area contributed by atoms with E-state index in [1.807, 2.05) is 23.9 Å². The summed E-state index contributed by atoms with van der Waals surface area (Å²) >= 11 is 8.02. The third kappa shape index (κ3) is 2.57. The molecule has 0 spiro atoms. The first-order chi connectivity index (χ1) is 10.2. The lowest BCUT2D eigenvalue weighted by Crippen LogP contribution is -2.15. The molecule has 0 N–H and O–H groups in total. The van der Waals surface area contributed by atoms with Crippen LogP contribution in [0.2, 0.25) is 0 Å². The number of thioether (sulfide) groups is 1. The summed E-state index contributed by atoms with van der Waals surface area (Å²) in [6.07, 6.45) is 4.68. The second-order valence-electron chi connectivity index (χ2n) is 5.33. The van der Waals surface area contributed by atoms with Crippen LogP contribution in [0.1, 0.15) is 18.7 Å². The molecule has 21 heavy (non-hydrogen) atoms. The SMILES string of the molecule is COc1cc2nc(CCl)n(CC3(SC)CC3)c2cc1OC. The largest absolute Gasteiger partial charge is 0.493 e. The highest BCUT2D eigenvalue weighted by Crippen LogP contribution is 2.49. The van der Waals surface area contributed by atoms with Gasteiger partial charge in [0.2, 0.25) is 0 Å². The lowest BCUT2D eigenvalue weighted by molar-refractivity contribution is 0.355. The number of imidazole rings is 1. The zero-order valence-corrected chi connectivity index (χ0v) is 14.1. The Hall–Kier alpha value is -1.07. The van der Waals surface area contributed by atoms with Crippen molar-refractivity contribution in [1.82, 2.24) is 9.55 Å². The Morgan fingerprint density at radius 3 is 2.48 bits per heavy atom. The zero-order chi connectivity index (χ0) is 15.0. The fourth-order valence-corrected chi connectivity index (χ4v) is 3.61. The molecular formula is C15H19ClN2O2S. The first-order valence-electron chi connectivity index (χ1n) is 6.88. The summed E-state index contributed by atoms with van der Waals surface area (Å²) in [5.74, 6) is 2.73. The summed E-state index contributed by atoms with van der Waals surface area (Å²) in [6.45, 7) is 0.947. The number of nitrogens with zero attached hydrogens (tertiary/aromatic N) is 2. The van der Waals surface area contributed by atoms with E-state index in [1.54, 1.807) is 14.2 Å². The Kier molecular flexibility index (Phi) is 3.97. The maximum atomic E-state index is 6.09. The van der Waals surface area contributed by atoms with Crippen LogP contribution < -0.4 is 9.47 Å². The van der Waals surface area contributed by atoms with Gasteiger partial charge in [-0.2, -0.15) is 11.8 Å². The summed E-state index contributed by atoms with van der Waals surface area (Å²) < 4.78 is 13.3. The van der Waals surface area contributed by atoms with E-state index in [2.05, 4.69) is 15.8 Å². The van der Waals surface area contributed by atoms with Crippen LogP contribution in [0, 0.1) is 0 Å². The molecule has 0 atom stereocenters. The maximum absolute atomic E-state index is 6.09. The van der Waals surface area contributed by atoms with Gasteiger partial charge < -0.3 is 14.0 Å². The summed E-state index contributed by atoms with van der Waals surface area (Å²) in [5.41, 5.74) is 1.96. The molecule has 1 aliphatic rings. The Labute approximate surface area is 133 Å². The highest BCUT2D eigenvalue weighted by molar-refractivity contribution is 8.00. The quantitative estimate of drug-likeness (QED) is 0.759. The van der Waals surface area contributed by atoms with Crippen molar-refractivity contribution in [3.63, 3.8) is 0 Å². The topological polar surface area (TPSA) is 36.3 Å². The minimum absolute atomic E-state index is 0.349. The van der Waals surface area contributed by atoms with Crippen LogP contribution in [0.15, 0.2) is 12.1 Å². The molecule has 4 nitrogen and oxygen atoms in total. The monoisotopic (exact) mass is 326 g/mol. The molecule has 0 unspecified atom stereocenters. The van der Waals surface area contributed by atoms with Gasteiger partial charge in [0.25, 0.3) is 0 Å². The number of hydrogen-bond donors (Lipinski definition) is 0. The molecular weight excluding hydrogens is 308 g/mol.